The van der Waals surface area contributed by atoms with Crippen molar-refractivity contribution in [1.82, 2.24) is 9.55 Å². The molecule has 5 nitrogen and oxygen atoms in total. The number of amides is 1. The maximum atomic E-state index is 12.7. The number of hydrogen-bond donors (Lipinski definition) is 1. The first-order chi connectivity index (χ1) is 13.0. The van der Waals surface area contributed by atoms with Gasteiger partial charge in [0.1, 0.15) is 11.4 Å². The number of nitrogens with zero attached hydrogens (tertiary/aromatic N) is 2. The van der Waals surface area contributed by atoms with Gasteiger partial charge in [0.25, 0.3) is 5.91 Å². The van der Waals surface area contributed by atoms with Crippen LogP contribution >= 0.6 is 22.9 Å². The molecule has 0 aliphatic rings. The fraction of sp³-hybridized carbons (Fsp3) is 0.100. The largest absolute Gasteiger partial charge is 0.497 e. The van der Waals surface area contributed by atoms with Crippen molar-refractivity contribution in [1.29, 1.82) is 0 Å². The van der Waals surface area contributed by atoms with Gasteiger partial charge in [-0.15, -0.1) is 11.3 Å². The molecule has 0 aliphatic carbocycles. The average molecular weight is 398 g/mol. The molecule has 0 fully saturated rings. The van der Waals surface area contributed by atoms with Gasteiger partial charge in [-0.3, -0.25) is 10.1 Å². The number of anilines is 1. The third-order valence-electron chi connectivity index (χ3n) is 4.33. The smallest absolute Gasteiger partial charge is 0.274 e. The van der Waals surface area contributed by atoms with Gasteiger partial charge in [0.2, 0.25) is 0 Å². The van der Waals surface area contributed by atoms with Crippen LogP contribution < -0.4 is 10.1 Å². The van der Waals surface area contributed by atoms with E-state index in [4.69, 9.17) is 16.3 Å². The molecule has 136 valence electrons. The highest BCUT2D eigenvalue weighted by atomic mass is 35.5. The van der Waals surface area contributed by atoms with E-state index in [2.05, 4.69) is 10.3 Å². The molecular formula is C20H16ClN3O2S. The minimum absolute atomic E-state index is 0.212. The first-order valence-corrected chi connectivity index (χ1v) is 9.47. The molecule has 27 heavy (non-hydrogen) atoms. The van der Waals surface area contributed by atoms with E-state index in [0.29, 0.717) is 15.8 Å². The molecule has 7 heteroatoms. The zero-order valence-corrected chi connectivity index (χ0v) is 16.3. The summed E-state index contributed by atoms with van der Waals surface area (Å²) in [5.41, 5.74) is 3.18. The Balaban J connectivity index is 1.59. The van der Waals surface area contributed by atoms with Gasteiger partial charge >= 0.3 is 0 Å². The molecule has 4 aromatic rings. The summed E-state index contributed by atoms with van der Waals surface area (Å²) in [5.74, 6) is 0.552. The van der Waals surface area contributed by atoms with E-state index in [-0.39, 0.29) is 5.91 Å². The second-order valence-corrected chi connectivity index (χ2v) is 7.31. The number of fused-ring (bicyclic) bond motifs is 1. The van der Waals surface area contributed by atoms with Crippen molar-refractivity contribution in [2.45, 2.75) is 0 Å². The lowest BCUT2D eigenvalue weighted by Crippen LogP contribution is -2.15. The number of hydrogen-bond acceptors (Lipinski definition) is 4. The van der Waals surface area contributed by atoms with Crippen LogP contribution in [-0.4, -0.2) is 22.6 Å². The van der Waals surface area contributed by atoms with Crippen molar-refractivity contribution in [2.24, 2.45) is 7.05 Å². The summed E-state index contributed by atoms with van der Waals surface area (Å²) in [6.45, 7) is 0. The van der Waals surface area contributed by atoms with Crippen LogP contribution in [0.25, 0.3) is 22.2 Å². The fourth-order valence-corrected chi connectivity index (χ4v) is 3.81. The van der Waals surface area contributed by atoms with Gasteiger partial charge in [0.15, 0.2) is 5.13 Å². The summed E-state index contributed by atoms with van der Waals surface area (Å²) in [6.07, 6.45) is 0. The fourth-order valence-electron chi connectivity index (χ4n) is 2.93. The molecule has 0 spiro atoms. The summed E-state index contributed by atoms with van der Waals surface area (Å²) >= 11 is 7.44. The topological polar surface area (TPSA) is 56.1 Å². The van der Waals surface area contributed by atoms with Crippen LogP contribution in [0.5, 0.6) is 5.75 Å². The number of ether oxygens (including phenoxy) is 1. The van der Waals surface area contributed by atoms with Crippen LogP contribution in [-0.2, 0) is 7.05 Å². The van der Waals surface area contributed by atoms with E-state index in [1.54, 1.807) is 7.11 Å². The van der Waals surface area contributed by atoms with E-state index < -0.39 is 0 Å². The Morgan fingerprint density at radius 2 is 2.07 bits per heavy atom. The third kappa shape index (κ3) is 3.41. The molecule has 0 bridgehead atoms. The molecule has 1 N–H and O–H groups in total. The predicted molar refractivity (Wildman–Crippen MR) is 110 cm³/mol. The van der Waals surface area contributed by atoms with Gasteiger partial charge < -0.3 is 9.30 Å². The first kappa shape index (κ1) is 17.6. The molecule has 1 amide bonds. The highest BCUT2D eigenvalue weighted by Gasteiger charge is 2.15. The predicted octanol–water partition coefficient (Wildman–Crippen LogP) is 5.22. The Bertz CT molecular complexity index is 1150. The number of rotatable bonds is 4. The van der Waals surface area contributed by atoms with E-state index >= 15 is 0 Å². The number of aromatic nitrogens is 2. The van der Waals surface area contributed by atoms with E-state index in [0.717, 1.165) is 27.9 Å². The highest BCUT2D eigenvalue weighted by Crippen LogP contribution is 2.28. The van der Waals surface area contributed by atoms with Gasteiger partial charge in [-0.1, -0.05) is 29.8 Å². The molecule has 2 aromatic carbocycles. The maximum absolute atomic E-state index is 12.7. The van der Waals surface area contributed by atoms with E-state index in [1.165, 1.54) is 11.3 Å². The van der Waals surface area contributed by atoms with Gasteiger partial charge in [-0.05, 0) is 30.3 Å². The quantitative estimate of drug-likeness (QED) is 0.513. The lowest BCUT2D eigenvalue weighted by atomic mass is 10.2. The second-order valence-electron chi connectivity index (χ2n) is 6.02. The first-order valence-electron chi connectivity index (χ1n) is 8.21. The Kier molecular flexibility index (Phi) is 4.59. The van der Waals surface area contributed by atoms with Crippen LogP contribution in [0.4, 0.5) is 5.13 Å². The number of benzene rings is 2. The SMILES string of the molecule is COc1cccc(-c2csc(NC(=O)c3cc4ccc(Cl)cc4n3C)n2)c1. The minimum Gasteiger partial charge on any atom is -0.497 e. The zero-order valence-electron chi connectivity index (χ0n) is 14.7. The van der Waals surface area contributed by atoms with Crippen LogP contribution in [0.15, 0.2) is 53.9 Å². The monoisotopic (exact) mass is 397 g/mol. The summed E-state index contributed by atoms with van der Waals surface area (Å²) in [6, 6.07) is 15.1. The van der Waals surface area contributed by atoms with Crippen molar-refractivity contribution < 1.29 is 9.53 Å². The number of carbonyl (C=O) groups excluding carboxylic acids is 1. The Labute approximate surface area is 165 Å². The minimum atomic E-state index is -0.212. The molecule has 0 aliphatic heterocycles. The van der Waals surface area contributed by atoms with Crippen molar-refractivity contribution >= 4 is 44.9 Å². The number of carbonyl (C=O) groups is 1. The molecule has 0 unspecified atom stereocenters. The van der Waals surface area contributed by atoms with Crippen molar-refractivity contribution in [3.63, 3.8) is 0 Å². The van der Waals surface area contributed by atoms with Gasteiger partial charge in [-0.25, -0.2) is 4.98 Å². The molecular weight excluding hydrogens is 382 g/mol. The number of thiazole rings is 1. The number of nitrogens with one attached hydrogen (secondary N) is 1. The average Bonchev–Trinajstić information content (AvgIpc) is 3.27. The van der Waals surface area contributed by atoms with Gasteiger partial charge in [0.05, 0.1) is 12.8 Å². The second kappa shape index (κ2) is 7.06. The molecule has 0 saturated heterocycles. The summed E-state index contributed by atoms with van der Waals surface area (Å²) in [4.78, 5) is 17.2. The highest BCUT2D eigenvalue weighted by molar-refractivity contribution is 7.14. The Morgan fingerprint density at radius 3 is 2.89 bits per heavy atom. The molecule has 2 aromatic heterocycles. The molecule has 0 atom stereocenters. The normalized spacial score (nSPS) is 10.9. The molecule has 0 radical (unpaired) electrons. The molecule has 0 saturated carbocycles. The Morgan fingerprint density at radius 1 is 1.22 bits per heavy atom. The molecule has 2 heterocycles. The van der Waals surface area contributed by atoms with Crippen molar-refractivity contribution in [3.05, 3.63) is 64.6 Å². The Hall–Kier alpha value is -2.83. The van der Waals surface area contributed by atoms with Gasteiger partial charge in [0, 0.05) is 33.9 Å². The van der Waals surface area contributed by atoms with Crippen molar-refractivity contribution in [3.8, 4) is 17.0 Å². The van der Waals surface area contributed by atoms with E-state index in [9.17, 15) is 4.79 Å². The van der Waals surface area contributed by atoms with Crippen LogP contribution in [0, 0.1) is 0 Å². The van der Waals surface area contributed by atoms with Crippen LogP contribution in [0.3, 0.4) is 0 Å². The standard InChI is InChI=1S/C20H16ClN3O2S/c1-24-17-10-14(21)7-6-13(17)9-18(24)19(25)23-20-22-16(11-27-20)12-4-3-5-15(8-12)26-2/h3-11H,1-2H3,(H,22,23,25). The summed E-state index contributed by atoms with van der Waals surface area (Å²) in [5, 5.41) is 6.93. The van der Waals surface area contributed by atoms with E-state index in [1.807, 2.05) is 65.5 Å². The van der Waals surface area contributed by atoms with Crippen LogP contribution in [0.1, 0.15) is 10.5 Å². The summed E-state index contributed by atoms with van der Waals surface area (Å²) < 4.78 is 7.08. The lowest BCUT2D eigenvalue weighted by molar-refractivity contribution is 0.101. The maximum Gasteiger partial charge on any atom is 0.274 e. The molecule has 4 rings (SSSR count). The van der Waals surface area contributed by atoms with Crippen LogP contribution in [0.2, 0.25) is 5.02 Å². The number of halogens is 1. The summed E-state index contributed by atoms with van der Waals surface area (Å²) in [7, 11) is 3.47. The number of methoxy groups -OCH3 is 1. The van der Waals surface area contributed by atoms with Gasteiger partial charge in [-0.2, -0.15) is 0 Å². The zero-order chi connectivity index (χ0) is 19.0. The number of aryl methyl sites for hydroxylation is 1. The lowest BCUT2D eigenvalue weighted by Gasteiger charge is -2.04. The third-order valence-corrected chi connectivity index (χ3v) is 5.32. The van der Waals surface area contributed by atoms with Crippen molar-refractivity contribution in [2.75, 3.05) is 12.4 Å².